The lowest BCUT2D eigenvalue weighted by molar-refractivity contribution is -0.178. The highest BCUT2D eigenvalue weighted by molar-refractivity contribution is 5.91. The molecule has 4 aliphatic carbocycles. The Morgan fingerprint density at radius 2 is 2.00 bits per heavy atom. The molecule has 0 radical (unpaired) electrons. The largest absolute Gasteiger partial charge is 0.393 e. The van der Waals surface area contributed by atoms with E-state index in [2.05, 4.69) is 6.92 Å². The van der Waals surface area contributed by atoms with E-state index in [0.717, 1.165) is 44.9 Å². The molecular weight excluding hydrogens is 288 g/mol. The van der Waals surface area contributed by atoms with Crippen molar-refractivity contribution in [1.29, 1.82) is 0 Å². The number of aliphatic hydroxyl groups is 2. The number of carbonyl (C=O) groups is 1. The third-order valence-corrected chi connectivity index (χ3v) is 7.92. The van der Waals surface area contributed by atoms with Crippen molar-refractivity contribution in [3.63, 3.8) is 0 Å². The number of ketones is 1. The highest BCUT2D eigenvalue weighted by Crippen LogP contribution is 2.65. The number of carbonyl (C=O) groups excluding carboxylic acids is 1. The van der Waals surface area contributed by atoms with Gasteiger partial charge in [0.2, 0.25) is 0 Å². The summed E-state index contributed by atoms with van der Waals surface area (Å²) in [6, 6.07) is 0. The molecule has 4 unspecified atom stereocenters. The first-order valence-corrected chi connectivity index (χ1v) is 9.53. The maximum atomic E-state index is 11.8. The molecule has 0 aromatic rings. The molecule has 4 aliphatic rings. The normalized spacial score (nSPS) is 52.4. The molecule has 0 aromatic carbocycles. The van der Waals surface area contributed by atoms with E-state index in [1.165, 1.54) is 5.57 Å². The maximum absolute atomic E-state index is 11.8. The Bertz CT molecular complexity index is 549. The fourth-order valence-electron chi connectivity index (χ4n) is 7.15. The van der Waals surface area contributed by atoms with Gasteiger partial charge in [-0.25, -0.2) is 0 Å². The summed E-state index contributed by atoms with van der Waals surface area (Å²) in [5, 5.41) is 22.1. The summed E-state index contributed by atoms with van der Waals surface area (Å²) in [7, 11) is 0. The van der Waals surface area contributed by atoms with E-state index in [4.69, 9.17) is 0 Å². The minimum Gasteiger partial charge on any atom is -0.393 e. The van der Waals surface area contributed by atoms with Gasteiger partial charge in [0, 0.05) is 11.8 Å². The Balaban J connectivity index is 1.75. The van der Waals surface area contributed by atoms with Gasteiger partial charge in [-0.05, 0) is 81.6 Å². The average molecular weight is 318 g/mol. The summed E-state index contributed by atoms with van der Waals surface area (Å²) in [5.41, 5.74) is 0.481. The van der Waals surface area contributed by atoms with Crippen molar-refractivity contribution >= 4 is 5.78 Å². The number of allylic oxidation sites excluding steroid dienone is 1. The van der Waals surface area contributed by atoms with Crippen molar-refractivity contribution in [2.75, 3.05) is 0 Å². The molecule has 3 nitrogen and oxygen atoms in total. The van der Waals surface area contributed by atoms with Crippen LogP contribution in [0.5, 0.6) is 0 Å². The van der Waals surface area contributed by atoms with Crippen LogP contribution in [0.2, 0.25) is 0 Å². The van der Waals surface area contributed by atoms with Crippen LogP contribution in [0.4, 0.5) is 0 Å². The number of fused-ring (bicyclic) bond motifs is 5. The first-order chi connectivity index (χ1) is 10.9. The Morgan fingerprint density at radius 1 is 1.22 bits per heavy atom. The first kappa shape index (κ1) is 15.8. The molecule has 7 atom stereocenters. The smallest absolute Gasteiger partial charge is 0.155 e. The average Bonchev–Trinajstić information content (AvgIpc) is 2.83. The fraction of sp³-hybridized carbons (Fsp3) is 0.850. The quantitative estimate of drug-likeness (QED) is 0.780. The van der Waals surface area contributed by atoms with Gasteiger partial charge in [0.1, 0.15) is 0 Å². The van der Waals surface area contributed by atoms with Crippen molar-refractivity contribution in [1.82, 2.24) is 0 Å². The van der Waals surface area contributed by atoms with Gasteiger partial charge in [-0.15, -0.1) is 0 Å². The number of rotatable bonds is 1. The molecule has 3 saturated carbocycles. The van der Waals surface area contributed by atoms with Crippen LogP contribution in [0.1, 0.15) is 65.2 Å². The van der Waals surface area contributed by atoms with E-state index in [1.807, 2.05) is 13.0 Å². The van der Waals surface area contributed by atoms with Gasteiger partial charge >= 0.3 is 0 Å². The second-order valence-corrected chi connectivity index (χ2v) is 8.88. The Kier molecular flexibility index (Phi) is 3.55. The lowest BCUT2D eigenvalue weighted by Gasteiger charge is -2.60. The molecule has 3 fully saturated rings. The fourth-order valence-corrected chi connectivity index (χ4v) is 7.15. The lowest BCUT2D eigenvalue weighted by Crippen LogP contribution is -2.59. The van der Waals surface area contributed by atoms with Crippen molar-refractivity contribution < 1.29 is 15.0 Å². The Labute approximate surface area is 139 Å². The van der Waals surface area contributed by atoms with Gasteiger partial charge in [0.05, 0.1) is 11.7 Å². The zero-order valence-electron chi connectivity index (χ0n) is 14.4. The molecule has 4 rings (SSSR count). The zero-order valence-corrected chi connectivity index (χ0v) is 14.4. The van der Waals surface area contributed by atoms with E-state index >= 15 is 0 Å². The summed E-state index contributed by atoms with van der Waals surface area (Å²) in [5.74, 6) is 1.97. The van der Waals surface area contributed by atoms with Crippen LogP contribution in [0.25, 0.3) is 0 Å². The number of hydrogen-bond donors (Lipinski definition) is 2. The van der Waals surface area contributed by atoms with Gasteiger partial charge in [0.15, 0.2) is 5.78 Å². The molecule has 0 saturated heterocycles. The monoisotopic (exact) mass is 318 g/mol. The van der Waals surface area contributed by atoms with Crippen LogP contribution in [0.15, 0.2) is 11.6 Å². The maximum Gasteiger partial charge on any atom is 0.155 e. The van der Waals surface area contributed by atoms with Crippen LogP contribution in [-0.4, -0.2) is 27.7 Å². The van der Waals surface area contributed by atoms with Gasteiger partial charge in [0.25, 0.3) is 0 Å². The van der Waals surface area contributed by atoms with Crippen molar-refractivity contribution in [3.05, 3.63) is 11.6 Å². The second-order valence-electron chi connectivity index (χ2n) is 8.88. The van der Waals surface area contributed by atoms with Gasteiger partial charge in [-0.1, -0.05) is 12.5 Å². The third-order valence-electron chi connectivity index (χ3n) is 7.92. The van der Waals surface area contributed by atoms with Gasteiger partial charge in [-0.2, -0.15) is 0 Å². The molecule has 0 bridgehead atoms. The number of aliphatic hydroxyl groups excluding tert-OH is 1. The molecule has 0 amide bonds. The summed E-state index contributed by atoms with van der Waals surface area (Å²) < 4.78 is 0. The highest BCUT2D eigenvalue weighted by Gasteiger charge is 2.63. The summed E-state index contributed by atoms with van der Waals surface area (Å²) in [4.78, 5) is 11.8. The first-order valence-electron chi connectivity index (χ1n) is 9.53. The Morgan fingerprint density at radius 3 is 2.74 bits per heavy atom. The van der Waals surface area contributed by atoms with E-state index in [9.17, 15) is 15.0 Å². The molecular formula is C20H30O3. The summed E-state index contributed by atoms with van der Waals surface area (Å²) in [6.45, 7) is 4.19. The second kappa shape index (κ2) is 5.16. The van der Waals surface area contributed by atoms with E-state index in [-0.39, 0.29) is 23.2 Å². The van der Waals surface area contributed by atoms with E-state index in [1.54, 1.807) is 0 Å². The van der Waals surface area contributed by atoms with Crippen molar-refractivity contribution in [2.45, 2.75) is 76.9 Å². The van der Waals surface area contributed by atoms with Crippen molar-refractivity contribution in [2.24, 2.45) is 29.1 Å². The predicted octanol–water partition coefficient (Wildman–Crippen LogP) is 3.24. The SMILES string of the molecule is CC[C@]12C[C@](C)(O)C3C4CCC(=O)C=C4CCC3C1CC[C@@H]2O. The summed E-state index contributed by atoms with van der Waals surface area (Å²) in [6.07, 6.45) is 8.96. The topological polar surface area (TPSA) is 57.5 Å². The molecule has 0 aliphatic heterocycles. The Hall–Kier alpha value is -0.670. The van der Waals surface area contributed by atoms with Crippen molar-refractivity contribution in [3.8, 4) is 0 Å². The zero-order chi connectivity index (χ0) is 16.4. The molecule has 2 N–H and O–H groups in total. The van der Waals surface area contributed by atoms with E-state index < -0.39 is 5.60 Å². The van der Waals surface area contributed by atoms with Crippen LogP contribution in [0.3, 0.4) is 0 Å². The molecule has 0 spiro atoms. The molecule has 0 aromatic heterocycles. The van der Waals surface area contributed by atoms with Crippen LogP contribution >= 0.6 is 0 Å². The minimum atomic E-state index is -0.729. The standard InChI is InChI=1S/C20H30O3/c1-3-20-11-19(2,23)18-14-7-5-13(21)10-12(14)4-6-15(18)16(20)8-9-17(20)22/h10,14-18,22-23H,3-9,11H2,1-2H3/t14?,15?,16?,17-,18?,19-,20-/m0/s1. The van der Waals surface area contributed by atoms with Crippen LogP contribution in [-0.2, 0) is 4.79 Å². The summed E-state index contributed by atoms with van der Waals surface area (Å²) >= 11 is 0. The molecule has 3 heteroatoms. The minimum absolute atomic E-state index is 0.0869. The lowest BCUT2D eigenvalue weighted by atomic mass is 9.47. The van der Waals surface area contributed by atoms with Crippen LogP contribution in [0, 0.1) is 29.1 Å². The molecule has 0 heterocycles. The number of hydrogen-bond acceptors (Lipinski definition) is 3. The van der Waals surface area contributed by atoms with Crippen LogP contribution < -0.4 is 0 Å². The van der Waals surface area contributed by atoms with E-state index in [0.29, 0.717) is 24.2 Å². The molecule has 23 heavy (non-hydrogen) atoms. The third kappa shape index (κ3) is 2.12. The highest BCUT2D eigenvalue weighted by atomic mass is 16.3. The van der Waals surface area contributed by atoms with Gasteiger partial charge < -0.3 is 10.2 Å². The predicted molar refractivity (Wildman–Crippen MR) is 88.7 cm³/mol. The molecule has 128 valence electrons. The van der Waals surface area contributed by atoms with Gasteiger partial charge in [-0.3, -0.25) is 4.79 Å².